The molecule has 0 bridgehead atoms. The first kappa shape index (κ1) is 16.4. The largest absolute Gasteiger partial charge is 0.459 e. The lowest BCUT2D eigenvalue weighted by Crippen LogP contribution is -2.27. The van der Waals surface area contributed by atoms with Gasteiger partial charge in [-0.1, -0.05) is 12.1 Å². The number of hydrogen-bond donors (Lipinski definition) is 1. The lowest BCUT2D eigenvalue weighted by molar-refractivity contribution is -0.120. The van der Waals surface area contributed by atoms with Gasteiger partial charge in [0.1, 0.15) is 11.6 Å². The molecule has 3 rings (SSSR count). The van der Waals surface area contributed by atoms with Crippen LogP contribution in [0.15, 0.2) is 46.2 Å². The van der Waals surface area contributed by atoms with E-state index in [2.05, 4.69) is 10.3 Å². The standard InChI is InChI=1S/C18H17FN2O2S/c1-12-2-7-16(23-12)18-21-15(11-24-18)10-17(22)20-9-8-13-3-5-14(19)6-4-13/h2-7,11H,8-10H2,1H3,(H,20,22). The molecule has 3 aromatic rings. The zero-order chi connectivity index (χ0) is 16.9. The number of carbonyl (C=O) groups excluding carboxylic acids is 1. The zero-order valence-electron chi connectivity index (χ0n) is 13.2. The number of hydrogen-bond acceptors (Lipinski definition) is 4. The molecular weight excluding hydrogens is 327 g/mol. The van der Waals surface area contributed by atoms with Gasteiger partial charge in [0, 0.05) is 11.9 Å². The molecule has 1 amide bonds. The summed E-state index contributed by atoms with van der Waals surface area (Å²) >= 11 is 1.46. The highest BCUT2D eigenvalue weighted by molar-refractivity contribution is 7.13. The molecule has 124 valence electrons. The smallest absolute Gasteiger partial charge is 0.226 e. The predicted octanol–water partition coefficient (Wildman–Crippen LogP) is 3.75. The van der Waals surface area contributed by atoms with Crippen molar-refractivity contribution in [2.24, 2.45) is 0 Å². The molecule has 0 aliphatic rings. The van der Waals surface area contributed by atoms with Crippen LogP contribution in [0.3, 0.4) is 0 Å². The number of nitrogens with zero attached hydrogens (tertiary/aromatic N) is 1. The molecule has 6 heteroatoms. The topological polar surface area (TPSA) is 55.1 Å². The van der Waals surface area contributed by atoms with Gasteiger partial charge in [-0.2, -0.15) is 0 Å². The first-order valence-corrected chi connectivity index (χ1v) is 8.50. The van der Waals surface area contributed by atoms with Crippen LogP contribution >= 0.6 is 11.3 Å². The van der Waals surface area contributed by atoms with Crippen molar-refractivity contribution in [3.63, 3.8) is 0 Å². The van der Waals surface area contributed by atoms with E-state index in [4.69, 9.17) is 4.42 Å². The van der Waals surface area contributed by atoms with Gasteiger partial charge >= 0.3 is 0 Å². The summed E-state index contributed by atoms with van der Waals surface area (Å²) in [6.07, 6.45) is 0.902. The first-order chi connectivity index (χ1) is 11.6. The number of amides is 1. The van der Waals surface area contributed by atoms with E-state index in [0.29, 0.717) is 13.0 Å². The lowest BCUT2D eigenvalue weighted by Gasteiger charge is -2.04. The van der Waals surface area contributed by atoms with Gasteiger partial charge in [0.15, 0.2) is 10.8 Å². The molecule has 2 heterocycles. The number of carbonyl (C=O) groups is 1. The summed E-state index contributed by atoms with van der Waals surface area (Å²) in [5.74, 6) is 1.22. The van der Waals surface area contributed by atoms with Crippen molar-refractivity contribution in [3.8, 4) is 10.8 Å². The number of halogens is 1. The van der Waals surface area contributed by atoms with Gasteiger partial charge in [0.05, 0.1) is 12.1 Å². The van der Waals surface area contributed by atoms with Gasteiger partial charge < -0.3 is 9.73 Å². The van der Waals surface area contributed by atoms with Crippen LogP contribution in [0.25, 0.3) is 10.8 Å². The fourth-order valence-electron chi connectivity index (χ4n) is 2.28. The van der Waals surface area contributed by atoms with Gasteiger partial charge in [-0.15, -0.1) is 11.3 Å². The summed E-state index contributed by atoms with van der Waals surface area (Å²) in [5.41, 5.74) is 1.71. The van der Waals surface area contributed by atoms with Crippen LogP contribution in [0.5, 0.6) is 0 Å². The fourth-order valence-corrected chi connectivity index (χ4v) is 3.05. The van der Waals surface area contributed by atoms with Crippen LogP contribution < -0.4 is 5.32 Å². The molecule has 1 N–H and O–H groups in total. The van der Waals surface area contributed by atoms with Crippen molar-refractivity contribution >= 4 is 17.2 Å². The van der Waals surface area contributed by atoms with Crippen molar-refractivity contribution in [2.45, 2.75) is 19.8 Å². The Morgan fingerprint density at radius 1 is 1.25 bits per heavy atom. The second-order valence-electron chi connectivity index (χ2n) is 5.46. The molecule has 0 saturated carbocycles. The van der Waals surface area contributed by atoms with Crippen molar-refractivity contribution < 1.29 is 13.6 Å². The summed E-state index contributed by atoms with van der Waals surface area (Å²) in [6.45, 7) is 2.39. The molecule has 0 radical (unpaired) electrons. The first-order valence-electron chi connectivity index (χ1n) is 7.62. The SMILES string of the molecule is Cc1ccc(-c2nc(CC(=O)NCCc3ccc(F)cc3)cs2)o1. The van der Waals surface area contributed by atoms with Crippen molar-refractivity contribution in [1.82, 2.24) is 10.3 Å². The number of benzene rings is 1. The van der Waals surface area contributed by atoms with Gasteiger partial charge in [0.2, 0.25) is 5.91 Å². The highest BCUT2D eigenvalue weighted by Crippen LogP contribution is 2.25. The van der Waals surface area contributed by atoms with E-state index in [-0.39, 0.29) is 18.1 Å². The monoisotopic (exact) mass is 344 g/mol. The van der Waals surface area contributed by atoms with Gasteiger partial charge in [-0.05, 0) is 43.2 Å². The molecule has 0 unspecified atom stereocenters. The van der Waals surface area contributed by atoms with E-state index in [1.807, 2.05) is 24.4 Å². The lowest BCUT2D eigenvalue weighted by atomic mass is 10.1. The third kappa shape index (κ3) is 4.29. The van der Waals surface area contributed by atoms with Crippen molar-refractivity contribution in [2.75, 3.05) is 6.54 Å². The minimum atomic E-state index is -0.256. The third-order valence-electron chi connectivity index (χ3n) is 3.49. The molecule has 24 heavy (non-hydrogen) atoms. The summed E-state index contributed by atoms with van der Waals surface area (Å²) in [5, 5.41) is 5.50. The minimum Gasteiger partial charge on any atom is -0.459 e. The van der Waals surface area contributed by atoms with E-state index < -0.39 is 0 Å². The Hall–Kier alpha value is -2.47. The molecular formula is C18H17FN2O2S. The molecule has 0 aliphatic carbocycles. The van der Waals surface area contributed by atoms with E-state index in [1.165, 1.54) is 23.5 Å². The van der Waals surface area contributed by atoms with Crippen LogP contribution in [-0.2, 0) is 17.6 Å². The Kier molecular flexibility index (Phi) is 5.05. The number of furan rings is 1. The Morgan fingerprint density at radius 3 is 2.75 bits per heavy atom. The number of thiazole rings is 1. The van der Waals surface area contributed by atoms with Gasteiger partial charge in [0.25, 0.3) is 0 Å². The molecule has 0 aliphatic heterocycles. The number of rotatable bonds is 6. The predicted molar refractivity (Wildman–Crippen MR) is 91.4 cm³/mol. The van der Waals surface area contributed by atoms with E-state index in [0.717, 1.165) is 27.8 Å². The highest BCUT2D eigenvalue weighted by atomic mass is 32.1. The molecule has 0 atom stereocenters. The van der Waals surface area contributed by atoms with Gasteiger partial charge in [-0.25, -0.2) is 9.37 Å². The Balaban J connectivity index is 1.48. The molecule has 1 aromatic carbocycles. The summed E-state index contributed by atoms with van der Waals surface area (Å²) in [4.78, 5) is 16.4. The minimum absolute atomic E-state index is 0.0791. The maximum Gasteiger partial charge on any atom is 0.226 e. The Labute approximate surface area is 143 Å². The summed E-state index contributed by atoms with van der Waals surface area (Å²) < 4.78 is 18.4. The summed E-state index contributed by atoms with van der Waals surface area (Å²) in [7, 11) is 0. The Morgan fingerprint density at radius 2 is 2.04 bits per heavy atom. The average Bonchev–Trinajstić information content (AvgIpc) is 3.18. The Bertz CT molecular complexity index is 824. The van der Waals surface area contributed by atoms with Crippen LogP contribution in [0.1, 0.15) is 17.0 Å². The van der Waals surface area contributed by atoms with Crippen LogP contribution in [0.2, 0.25) is 0 Å². The second kappa shape index (κ2) is 7.40. The van der Waals surface area contributed by atoms with E-state index in [9.17, 15) is 9.18 Å². The number of nitrogens with one attached hydrogen (secondary N) is 1. The van der Waals surface area contributed by atoms with Crippen LogP contribution in [0.4, 0.5) is 4.39 Å². The van der Waals surface area contributed by atoms with E-state index >= 15 is 0 Å². The third-order valence-corrected chi connectivity index (χ3v) is 4.40. The van der Waals surface area contributed by atoms with E-state index in [1.54, 1.807) is 12.1 Å². The van der Waals surface area contributed by atoms with Crippen LogP contribution in [-0.4, -0.2) is 17.4 Å². The highest BCUT2D eigenvalue weighted by Gasteiger charge is 2.11. The zero-order valence-corrected chi connectivity index (χ0v) is 14.0. The maximum atomic E-state index is 12.8. The summed E-state index contributed by atoms with van der Waals surface area (Å²) in [6, 6.07) is 10.0. The van der Waals surface area contributed by atoms with Crippen LogP contribution in [0, 0.1) is 12.7 Å². The maximum absolute atomic E-state index is 12.8. The molecule has 0 saturated heterocycles. The average molecular weight is 344 g/mol. The quantitative estimate of drug-likeness (QED) is 0.741. The number of aryl methyl sites for hydroxylation is 1. The van der Waals surface area contributed by atoms with Crippen molar-refractivity contribution in [1.29, 1.82) is 0 Å². The molecule has 2 aromatic heterocycles. The fraction of sp³-hybridized carbons (Fsp3) is 0.222. The molecule has 0 fully saturated rings. The van der Waals surface area contributed by atoms with Gasteiger partial charge in [-0.3, -0.25) is 4.79 Å². The second-order valence-corrected chi connectivity index (χ2v) is 6.32. The van der Waals surface area contributed by atoms with Crippen molar-refractivity contribution in [3.05, 3.63) is 64.6 Å². The normalized spacial score (nSPS) is 10.8. The molecule has 4 nitrogen and oxygen atoms in total. The molecule has 0 spiro atoms. The number of aromatic nitrogens is 1.